The van der Waals surface area contributed by atoms with Gasteiger partial charge in [0.15, 0.2) is 11.5 Å². The van der Waals surface area contributed by atoms with Crippen molar-refractivity contribution in [3.63, 3.8) is 0 Å². The Morgan fingerprint density at radius 2 is 1.73 bits per heavy atom. The lowest BCUT2D eigenvalue weighted by atomic mass is 10.1. The number of hydrogen-bond donors (Lipinski definition) is 2. The van der Waals surface area contributed by atoms with Crippen LogP contribution in [0.2, 0.25) is 0 Å². The molecule has 0 aliphatic carbocycles. The Labute approximate surface area is 218 Å². The first-order valence-electron chi connectivity index (χ1n) is 11.4. The molecule has 0 saturated carbocycles. The first-order chi connectivity index (χ1) is 18.0. The lowest BCUT2D eigenvalue weighted by Crippen LogP contribution is -2.19. The van der Waals surface area contributed by atoms with Gasteiger partial charge in [-0.25, -0.2) is 5.43 Å². The lowest BCUT2D eigenvalue weighted by molar-refractivity contribution is -0.120. The van der Waals surface area contributed by atoms with Gasteiger partial charge in [0.2, 0.25) is 11.0 Å². The molecule has 0 aliphatic rings. The molecule has 4 aromatic rings. The first kappa shape index (κ1) is 25.5. The second-order valence-electron chi connectivity index (χ2n) is 7.87. The van der Waals surface area contributed by atoms with Crippen molar-refractivity contribution in [2.24, 2.45) is 5.10 Å². The average Bonchev–Trinajstić information content (AvgIpc) is 3.36. The van der Waals surface area contributed by atoms with E-state index >= 15 is 0 Å². The number of benzene rings is 3. The van der Waals surface area contributed by atoms with E-state index < -0.39 is 0 Å². The molecule has 37 heavy (non-hydrogen) atoms. The number of hydrogen-bond acceptors (Lipinski definition) is 8. The summed E-state index contributed by atoms with van der Waals surface area (Å²) in [5, 5.41) is 15.3. The van der Waals surface area contributed by atoms with Crippen LogP contribution in [-0.4, -0.2) is 35.3 Å². The van der Waals surface area contributed by atoms with Crippen molar-refractivity contribution in [3.8, 4) is 11.5 Å². The third kappa shape index (κ3) is 7.21. The van der Waals surface area contributed by atoms with E-state index in [1.165, 1.54) is 6.21 Å². The van der Waals surface area contributed by atoms with Crippen molar-refractivity contribution >= 4 is 34.5 Å². The highest BCUT2D eigenvalue weighted by Gasteiger charge is 2.13. The molecule has 2 N–H and O–H groups in total. The molecule has 0 unspecified atom stereocenters. The second kappa shape index (κ2) is 12.4. The molecule has 4 rings (SSSR count). The number of carbonyl (C=O) groups excluding carboxylic acids is 2. The fourth-order valence-corrected chi connectivity index (χ4v) is 4.07. The van der Waals surface area contributed by atoms with Gasteiger partial charge in [-0.15, -0.1) is 10.2 Å². The number of methoxy groups -OCH3 is 1. The van der Waals surface area contributed by atoms with E-state index in [1.54, 1.807) is 43.5 Å². The smallest absolute Gasteiger partial charge is 0.257 e. The van der Waals surface area contributed by atoms with E-state index in [2.05, 4.69) is 26.0 Å². The van der Waals surface area contributed by atoms with E-state index in [1.807, 2.05) is 49.4 Å². The minimum absolute atomic E-state index is 0.0241. The van der Waals surface area contributed by atoms with E-state index in [9.17, 15) is 9.59 Å². The Morgan fingerprint density at radius 3 is 2.46 bits per heavy atom. The zero-order valence-corrected chi connectivity index (χ0v) is 21.1. The number of anilines is 1. The van der Waals surface area contributed by atoms with Crippen LogP contribution in [0.1, 0.15) is 39.5 Å². The van der Waals surface area contributed by atoms with Gasteiger partial charge in [-0.05, 0) is 48.4 Å². The van der Waals surface area contributed by atoms with Gasteiger partial charge in [-0.2, -0.15) is 5.10 Å². The monoisotopic (exact) mass is 515 g/mol. The summed E-state index contributed by atoms with van der Waals surface area (Å²) < 4.78 is 11.5. The number of aromatic nitrogens is 2. The molecule has 2 amide bonds. The molecule has 1 aromatic heterocycles. The van der Waals surface area contributed by atoms with Crippen LogP contribution in [0.5, 0.6) is 11.5 Å². The van der Waals surface area contributed by atoms with E-state index in [4.69, 9.17) is 9.47 Å². The van der Waals surface area contributed by atoms with Crippen LogP contribution < -0.4 is 20.2 Å². The van der Waals surface area contributed by atoms with Gasteiger partial charge >= 0.3 is 0 Å². The van der Waals surface area contributed by atoms with Crippen LogP contribution in [0.15, 0.2) is 84.0 Å². The minimum atomic E-state index is -0.364. The van der Waals surface area contributed by atoms with Crippen molar-refractivity contribution in [2.45, 2.75) is 19.4 Å². The Bertz CT molecular complexity index is 1380. The van der Waals surface area contributed by atoms with Gasteiger partial charge in [0.25, 0.3) is 5.91 Å². The number of hydrazone groups is 1. The number of nitrogens with one attached hydrogen (secondary N) is 2. The van der Waals surface area contributed by atoms with Crippen molar-refractivity contribution in [1.82, 2.24) is 15.6 Å². The maximum absolute atomic E-state index is 12.3. The molecular weight excluding hydrogens is 490 g/mol. The Kier molecular flexibility index (Phi) is 8.56. The highest BCUT2D eigenvalue weighted by atomic mass is 32.1. The molecule has 0 bridgehead atoms. The van der Waals surface area contributed by atoms with Crippen molar-refractivity contribution in [1.29, 1.82) is 0 Å². The van der Waals surface area contributed by atoms with Gasteiger partial charge in [-0.1, -0.05) is 59.9 Å². The summed E-state index contributed by atoms with van der Waals surface area (Å²) in [5.74, 6) is 0.499. The molecule has 0 fully saturated rings. The van der Waals surface area contributed by atoms with Gasteiger partial charge in [-0.3, -0.25) is 14.9 Å². The Hall–Kier alpha value is -4.57. The maximum atomic E-state index is 12.3. The highest BCUT2D eigenvalue weighted by Crippen LogP contribution is 2.31. The van der Waals surface area contributed by atoms with Crippen LogP contribution in [0.4, 0.5) is 5.13 Å². The molecule has 0 radical (unpaired) electrons. The summed E-state index contributed by atoms with van der Waals surface area (Å²) in [6.45, 7) is 1.97. The fraction of sp³-hybridized carbons (Fsp3) is 0.148. The zero-order valence-electron chi connectivity index (χ0n) is 20.3. The Morgan fingerprint density at radius 1 is 1.00 bits per heavy atom. The molecule has 0 spiro atoms. The molecule has 0 saturated heterocycles. The maximum Gasteiger partial charge on any atom is 0.257 e. The average molecular weight is 516 g/mol. The van der Waals surface area contributed by atoms with E-state index in [-0.39, 0.29) is 24.3 Å². The fourth-order valence-electron chi connectivity index (χ4n) is 3.33. The number of ether oxygens (including phenoxy) is 2. The zero-order chi connectivity index (χ0) is 26.0. The standard InChI is InChI=1S/C27H25N5O4S/c1-18(20-9-5-3-6-10-20)36-22-14-13-19(15-23(22)35-2)17-28-30-24(33)16-25-31-32-27(37-25)29-26(34)21-11-7-4-8-12-21/h3-15,17-18H,16H2,1-2H3,(H,30,33)(H,29,32,34)/t18-/m1/s1. The lowest BCUT2D eigenvalue weighted by Gasteiger charge is -2.17. The van der Waals surface area contributed by atoms with Crippen molar-refractivity contribution in [3.05, 3.63) is 101 Å². The third-order valence-corrected chi connectivity index (χ3v) is 6.04. The molecule has 1 heterocycles. The van der Waals surface area contributed by atoms with Crippen molar-refractivity contribution in [2.75, 3.05) is 12.4 Å². The highest BCUT2D eigenvalue weighted by molar-refractivity contribution is 7.15. The summed E-state index contributed by atoms with van der Waals surface area (Å²) in [4.78, 5) is 24.5. The van der Waals surface area contributed by atoms with Crippen LogP contribution in [0.25, 0.3) is 0 Å². The van der Waals surface area contributed by atoms with Gasteiger partial charge in [0.1, 0.15) is 11.1 Å². The molecule has 1 atom stereocenters. The third-order valence-electron chi connectivity index (χ3n) is 5.20. The summed E-state index contributed by atoms with van der Waals surface area (Å²) in [6.07, 6.45) is 1.33. The predicted molar refractivity (Wildman–Crippen MR) is 142 cm³/mol. The topological polar surface area (TPSA) is 115 Å². The summed E-state index contributed by atoms with van der Waals surface area (Å²) in [7, 11) is 1.57. The van der Waals surface area contributed by atoms with Gasteiger partial charge in [0, 0.05) is 5.56 Å². The molecule has 0 aliphatic heterocycles. The molecule has 9 nitrogen and oxygen atoms in total. The van der Waals surface area contributed by atoms with Crippen LogP contribution >= 0.6 is 11.3 Å². The number of amides is 2. The molecule has 3 aromatic carbocycles. The van der Waals surface area contributed by atoms with E-state index in [0.717, 1.165) is 22.5 Å². The Balaban J connectivity index is 1.29. The van der Waals surface area contributed by atoms with Crippen LogP contribution in [0.3, 0.4) is 0 Å². The number of rotatable bonds is 10. The quantitative estimate of drug-likeness (QED) is 0.235. The largest absolute Gasteiger partial charge is 0.493 e. The SMILES string of the molecule is COc1cc(C=NNC(=O)Cc2nnc(NC(=O)c3ccccc3)s2)ccc1O[C@H](C)c1ccccc1. The van der Waals surface area contributed by atoms with Crippen LogP contribution in [-0.2, 0) is 11.2 Å². The van der Waals surface area contributed by atoms with Crippen molar-refractivity contribution < 1.29 is 19.1 Å². The summed E-state index contributed by atoms with van der Waals surface area (Å²) in [5.41, 5.74) is 4.75. The van der Waals surface area contributed by atoms with Gasteiger partial charge < -0.3 is 9.47 Å². The minimum Gasteiger partial charge on any atom is -0.493 e. The normalized spacial score (nSPS) is 11.6. The van der Waals surface area contributed by atoms with Crippen LogP contribution in [0, 0.1) is 0 Å². The van der Waals surface area contributed by atoms with Gasteiger partial charge in [0.05, 0.1) is 19.7 Å². The second-order valence-corrected chi connectivity index (χ2v) is 8.93. The number of nitrogens with zero attached hydrogens (tertiary/aromatic N) is 3. The summed E-state index contributed by atoms with van der Waals surface area (Å²) >= 11 is 1.13. The summed E-state index contributed by atoms with van der Waals surface area (Å²) in [6, 6.07) is 24.1. The molecule has 10 heteroatoms. The number of carbonyl (C=O) groups is 2. The predicted octanol–water partition coefficient (Wildman–Crippen LogP) is 4.63. The molecule has 188 valence electrons. The first-order valence-corrected chi connectivity index (χ1v) is 12.2. The molecular formula is C27H25N5O4S. The van der Waals surface area contributed by atoms with E-state index in [0.29, 0.717) is 27.2 Å².